The van der Waals surface area contributed by atoms with E-state index >= 15 is 0 Å². The Labute approximate surface area is 181 Å². The molecule has 3 aromatic heterocycles. The van der Waals surface area contributed by atoms with Crippen molar-refractivity contribution in [3.63, 3.8) is 0 Å². The van der Waals surface area contributed by atoms with Crippen LogP contribution in [-0.2, 0) is 16.3 Å². The molecule has 8 heteroatoms. The van der Waals surface area contributed by atoms with Crippen molar-refractivity contribution in [3.05, 3.63) is 37.1 Å². The highest BCUT2D eigenvalue weighted by molar-refractivity contribution is 5.90. The maximum atomic E-state index is 12.1. The number of carbonyl (C=O) groups excluding carboxylic acids is 1. The predicted octanol–water partition coefficient (Wildman–Crippen LogP) is 4.40. The lowest BCUT2D eigenvalue weighted by molar-refractivity contribution is -0.156. The Bertz CT molecular complexity index is 1170. The number of aromatic nitrogens is 5. The summed E-state index contributed by atoms with van der Waals surface area (Å²) >= 11 is 0. The zero-order valence-electron chi connectivity index (χ0n) is 18.1. The van der Waals surface area contributed by atoms with Gasteiger partial charge < -0.3 is 4.74 Å². The molecule has 0 bridgehead atoms. The van der Waals surface area contributed by atoms with Gasteiger partial charge in [0.1, 0.15) is 12.0 Å². The number of carbonyl (C=O) groups is 1. The van der Waals surface area contributed by atoms with Crippen molar-refractivity contribution >= 4 is 22.7 Å². The van der Waals surface area contributed by atoms with E-state index in [1.165, 1.54) is 19.2 Å². The number of nitriles is 1. The van der Waals surface area contributed by atoms with Crippen LogP contribution in [0, 0.1) is 22.7 Å². The van der Waals surface area contributed by atoms with Crippen LogP contribution in [0.15, 0.2) is 37.1 Å². The lowest BCUT2D eigenvalue weighted by atomic mass is 9.98. The van der Waals surface area contributed by atoms with Crippen LogP contribution in [0.4, 0.5) is 0 Å². The van der Waals surface area contributed by atoms with Gasteiger partial charge >= 0.3 is 5.97 Å². The van der Waals surface area contributed by atoms with Gasteiger partial charge in [0.15, 0.2) is 6.73 Å². The van der Waals surface area contributed by atoms with E-state index in [1.54, 1.807) is 21.5 Å². The second-order valence-electron chi connectivity index (χ2n) is 8.91. The van der Waals surface area contributed by atoms with Crippen LogP contribution in [0.5, 0.6) is 0 Å². The molecule has 0 amide bonds. The molecule has 4 rings (SSSR count). The molecule has 160 valence electrons. The third-order valence-electron chi connectivity index (χ3n) is 5.61. The summed E-state index contributed by atoms with van der Waals surface area (Å²) in [6, 6.07) is 4.08. The highest BCUT2D eigenvalue weighted by atomic mass is 16.5. The average molecular weight is 419 g/mol. The third-order valence-corrected chi connectivity index (χ3v) is 5.61. The van der Waals surface area contributed by atoms with E-state index in [2.05, 4.69) is 21.1 Å². The summed E-state index contributed by atoms with van der Waals surface area (Å²) in [5.41, 5.74) is 2.65. The predicted molar refractivity (Wildman–Crippen MR) is 116 cm³/mol. The molecule has 3 aromatic rings. The fourth-order valence-corrected chi connectivity index (χ4v) is 3.93. The topological polar surface area (TPSA) is 98.6 Å². The highest BCUT2D eigenvalue weighted by Gasteiger charge is 2.24. The third kappa shape index (κ3) is 4.22. The molecule has 0 saturated heterocycles. The standard InChI is InChI=1S/C23H26N6O2/c1-23(2,3)22(30)31-15-28-11-9-18-20(25-14-26-21(18)28)17-12-27-29(13-17)19(8-10-24)16-6-4-5-7-16/h8-9,11-14,16H,4-7,15H2,1-3H3. The molecule has 1 fully saturated rings. The summed E-state index contributed by atoms with van der Waals surface area (Å²) in [6.45, 7) is 5.55. The van der Waals surface area contributed by atoms with Gasteiger partial charge in [-0.3, -0.25) is 9.36 Å². The van der Waals surface area contributed by atoms with Crippen molar-refractivity contribution in [2.75, 3.05) is 0 Å². The SMILES string of the molecule is CC(C)(C)C(=O)OCn1ccc2c(-c3cnn(C(=CC#N)C4CCCC4)c3)ncnc21. The molecule has 1 saturated carbocycles. The first-order valence-electron chi connectivity index (χ1n) is 10.5. The number of ether oxygens (including phenoxy) is 1. The number of nitrogens with zero attached hydrogens (tertiary/aromatic N) is 6. The summed E-state index contributed by atoms with van der Waals surface area (Å²) in [5.74, 6) is 0.0880. The van der Waals surface area contributed by atoms with Crippen molar-refractivity contribution in [3.8, 4) is 17.3 Å². The normalized spacial score (nSPS) is 15.4. The molecule has 1 aliphatic carbocycles. The Hall–Kier alpha value is -3.47. The quantitative estimate of drug-likeness (QED) is 0.450. The van der Waals surface area contributed by atoms with Crippen molar-refractivity contribution in [1.29, 1.82) is 5.26 Å². The Morgan fingerprint density at radius 3 is 2.81 bits per heavy atom. The van der Waals surface area contributed by atoms with E-state index in [4.69, 9.17) is 4.74 Å². The zero-order valence-corrected chi connectivity index (χ0v) is 18.1. The van der Waals surface area contributed by atoms with E-state index < -0.39 is 5.41 Å². The van der Waals surface area contributed by atoms with E-state index in [-0.39, 0.29) is 12.7 Å². The number of esters is 1. The molecule has 0 spiro atoms. The highest BCUT2D eigenvalue weighted by Crippen LogP contribution is 2.34. The number of hydrogen-bond donors (Lipinski definition) is 0. The van der Waals surface area contributed by atoms with Crippen molar-refractivity contribution in [1.82, 2.24) is 24.3 Å². The largest absolute Gasteiger partial charge is 0.443 e. The maximum Gasteiger partial charge on any atom is 0.312 e. The van der Waals surface area contributed by atoms with Gasteiger partial charge in [-0.1, -0.05) is 12.8 Å². The fraction of sp³-hybridized carbons (Fsp3) is 0.435. The molecule has 0 N–H and O–H groups in total. The number of fused-ring (bicyclic) bond motifs is 1. The van der Waals surface area contributed by atoms with Gasteiger partial charge in [0.05, 0.1) is 29.1 Å². The lowest BCUT2D eigenvalue weighted by Crippen LogP contribution is -2.23. The van der Waals surface area contributed by atoms with Gasteiger partial charge in [0.2, 0.25) is 0 Å². The minimum atomic E-state index is -0.564. The van der Waals surface area contributed by atoms with Gasteiger partial charge in [0.25, 0.3) is 0 Å². The van der Waals surface area contributed by atoms with Crippen LogP contribution in [0.3, 0.4) is 0 Å². The second-order valence-corrected chi connectivity index (χ2v) is 8.91. The molecule has 0 aliphatic heterocycles. The van der Waals surface area contributed by atoms with Gasteiger partial charge in [-0.2, -0.15) is 10.4 Å². The van der Waals surface area contributed by atoms with E-state index in [0.29, 0.717) is 11.6 Å². The summed E-state index contributed by atoms with van der Waals surface area (Å²) in [6.07, 6.45) is 13.1. The van der Waals surface area contributed by atoms with Crippen molar-refractivity contribution in [2.24, 2.45) is 11.3 Å². The fourth-order valence-electron chi connectivity index (χ4n) is 3.93. The van der Waals surface area contributed by atoms with Crippen molar-refractivity contribution in [2.45, 2.75) is 53.2 Å². The molecule has 0 atom stereocenters. The van der Waals surface area contributed by atoms with Crippen LogP contribution in [-0.4, -0.2) is 30.3 Å². The number of allylic oxidation sites excluding steroid dienone is 2. The summed E-state index contributed by atoms with van der Waals surface area (Å²) < 4.78 is 9.02. The maximum absolute atomic E-state index is 12.1. The molecule has 0 radical (unpaired) electrons. The first-order valence-corrected chi connectivity index (χ1v) is 10.5. The molecule has 0 unspecified atom stereocenters. The Kier molecular flexibility index (Phi) is 5.59. The molecule has 8 nitrogen and oxygen atoms in total. The first-order chi connectivity index (χ1) is 14.9. The van der Waals surface area contributed by atoms with E-state index in [0.717, 1.165) is 35.2 Å². The van der Waals surface area contributed by atoms with Crippen LogP contribution in [0.1, 0.15) is 46.5 Å². The van der Waals surface area contributed by atoms with E-state index in [9.17, 15) is 10.1 Å². The zero-order chi connectivity index (χ0) is 22.0. The summed E-state index contributed by atoms with van der Waals surface area (Å²) in [5, 5.41) is 14.6. The van der Waals surface area contributed by atoms with E-state index in [1.807, 2.05) is 39.2 Å². The van der Waals surface area contributed by atoms with Crippen molar-refractivity contribution < 1.29 is 9.53 Å². The minimum Gasteiger partial charge on any atom is -0.443 e. The Morgan fingerprint density at radius 1 is 1.32 bits per heavy atom. The summed E-state index contributed by atoms with van der Waals surface area (Å²) in [4.78, 5) is 21.0. The Balaban J connectivity index is 1.62. The molecule has 3 heterocycles. The average Bonchev–Trinajstić information content (AvgIpc) is 3.50. The summed E-state index contributed by atoms with van der Waals surface area (Å²) in [7, 11) is 0. The van der Waals surface area contributed by atoms with Gasteiger partial charge in [-0.05, 0) is 39.7 Å². The smallest absolute Gasteiger partial charge is 0.312 e. The lowest BCUT2D eigenvalue weighted by Gasteiger charge is -2.17. The minimum absolute atomic E-state index is 0.0893. The molecule has 1 aliphatic rings. The monoisotopic (exact) mass is 418 g/mol. The van der Waals surface area contributed by atoms with Gasteiger partial charge in [0, 0.05) is 35.3 Å². The second kappa shape index (κ2) is 8.34. The van der Waals surface area contributed by atoms with Gasteiger partial charge in [-0.25, -0.2) is 14.6 Å². The van der Waals surface area contributed by atoms with Crippen LogP contribution in [0.2, 0.25) is 0 Å². The number of rotatable bonds is 5. The molecular formula is C23H26N6O2. The number of hydrogen-bond acceptors (Lipinski definition) is 6. The van der Waals surface area contributed by atoms with Crippen LogP contribution in [0.25, 0.3) is 28.0 Å². The molecule has 31 heavy (non-hydrogen) atoms. The van der Waals surface area contributed by atoms with Gasteiger partial charge in [-0.15, -0.1) is 0 Å². The Morgan fingerprint density at radius 2 is 2.10 bits per heavy atom. The first kappa shape index (κ1) is 20.8. The molecular weight excluding hydrogens is 392 g/mol. The van der Waals surface area contributed by atoms with Crippen LogP contribution >= 0.6 is 0 Å². The van der Waals surface area contributed by atoms with Crippen LogP contribution < -0.4 is 0 Å². The molecule has 0 aromatic carbocycles.